The highest BCUT2D eigenvalue weighted by atomic mass is 35.5. The zero-order valence-electron chi connectivity index (χ0n) is 16.2. The predicted molar refractivity (Wildman–Crippen MR) is 110 cm³/mol. The highest BCUT2D eigenvalue weighted by molar-refractivity contribution is 6.33. The number of aryl methyl sites for hydroxylation is 1. The van der Waals surface area contributed by atoms with Crippen LogP contribution in [0.2, 0.25) is 5.02 Å². The Morgan fingerprint density at radius 3 is 2.60 bits per heavy atom. The van der Waals surface area contributed by atoms with Crippen molar-refractivity contribution >= 4 is 29.0 Å². The number of hydrogen-bond acceptors (Lipinski definition) is 5. The number of allylic oxidation sites excluding steroid dienone is 3. The van der Waals surface area contributed by atoms with Crippen molar-refractivity contribution in [3.05, 3.63) is 63.9 Å². The second-order valence-corrected chi connectivity index (χ2v) is 7.62. The molecule has 0 saturated heterocycles. The fourth-order valence-electron chi connectivity index (χ4n) is 2.93. The van der Waals surface area contributed by atoms with Crippen molar-refractivity contribution in [3.63, 3.8) is 0 Å². The van der Waals surface area contributed by atoms with Crippen LogP contribution in [0, 0.1) is 18.8 Å². The first-order chi connectivity index (χ1) is 14.2. The van der Waals surface area contributed by atoms with Crippen molar-refractivity contribution in [2.75, 3.05) is 11.9 Å². The minimum Gasteiger partial charge on any atom is -0.438 e. The zero-order valence-corrected chi connectivity index (χ0v) is 17.7. The molecule has 1 aliphatic carbocycles. The number of alkyl halides is 3. The van der Waals surface area contributed by atoms with Crippen LogP contribution >= 0.6 is 23.2 Å². The van der Waals surface area contributed by atoms with Gasteiger partial charge in [0.2, 0.25) is 5.88 Å². The summed E-state index contributed by atoms with van der Waals surface area (Å²) in [7, 11) is 0. The lowest BCUT2D eigenvalue weighted by Gasteiger charge is -2.27. The maximum Gasteiger partial charge on any atom is 0.395 e. The number of nitrogens with one attached hydrogen (secondary N) is 1. The molecule has 2 aromatic rings. The molecule has 1 N–H and O–H groups in total. The van der Waals surface area contributed by atoms with Crippen molar-refractivity contribution in [1.29, 1.82) is 0 Å². The molecular formula is C20H19Cl2F3N4O. The predicted octanol–water partition coefficient (Wildman–Crippen LogP) is 5.70. The monoisotopic (exact) mass is 458 g/mol. The summed E-state index contributed by atoms with van der Waals surface area (Å²) in [5.74, 6) is -1.58. The Labute approximate surface area is 182 Å². The number of hydrogen-bond donors (Lipinski definition) is 1. The smallest absolute Gasteiger partial charge is 0.395 e. The Kier molecular flexibility index (Phi) is 6.88. The normalized spacial score (nSPS) is 19.2. The number of aromatic nitrogens is 3. The number of rotatable bonds is 6. The van der Waals surface area contributed by atoms with Crippen LogP contribution < -0.4 is 10.1 Å². The molecule has 2 heterocycles. The topological polar surface area (TPSA) is 59.9 Å². The standard InChI is InChI=1S/C20H19Cl2F3N4O/c1-11-14(20(23,24)25)4-5-15(17(11)21)30-16-6-3-13(9-27-16)7-8-26-19-18(22)12(2)28-10-29-19/h3-6,9-11,14H,7-8H2,1-2H3,(H,26,28,29). The maximum absolute atomic E-state index is 13.0. The molecule has 0 saturated carbocycles. The van der Waals surface area contributed by atoms with Gasteiger partial charge in [0.15, 0.2) is 0 Å². The third kappa shape index (κ3) is 5.23. The van der Waals surface area contributed by atoms with Crippen LogP contribution in [0.25, 0.3) is 0 Å². The summed E-state index contributed by atoms with van der Waals surface area (Å²) >= 11 is 12.3. The van der Waals surface area contributed by atoms with Crippen LogP contribution in [0.4, 0.5) is 19.0 Å². The molecule has 5 nitrogen and oxygen atoms in total. The molecule has 2 aromatic heterocycles. The lowest BCUT2D eigenvalue weighted by atomic mass is 9.88. The van der Waals surface area contributed by atoms with Crippen molar-refractivity contribution in [2.45, 2.75) is 26.4 Å². The molecule has 0 amide bonds. The van der Waals surface area contributed by atoms with Gasteiger partial charge in [-0.15, -0.1) is 0 Å². The molecule has 160 valence electrons. The second kappa shape index (κ2) is 9.22. The summed E-state index contributed by atoms with van der Waals surface area (Å²) in [5.41, 5.74) is 1.62. The quantitative estimate of drug-likeness (QED) is 0.601. The molecule has 1 aliphatic rings. The molecule has 0 fully saturated rings. The highest BCUT2D eigenvalue weighted by Crippen LogP contribution is 2.41. The van der Waals surface area contributed by atoms with Gasteiger partial charge in [-0.25, -0.2) is 15.0 Å². The third-order valence-electron chi connectivity index (χ3n) is 4.69. The minimum absolute atomic E-state index is 0.0203. The first kappa shape index (κ1) is 22.4. The second-order valence-electron chi connectivity index (χ2n) is 6.83. The Morgan fingerprint density at radius 1 is 1.17 bits per heavy atom. The molecule has 0 bridgehead atoms. The fourth-order valence-corrected chi connectivity index (χ4v) is 3.33. The maximum atomic E-state index is 13.0. The lowest BCUT2D eigenvalue weighted by Crippen LogP contribution is -2.30. The van der Waals surface area contributed by atoms with E-state index in [1.54, 1.807) is 19.2 Å². The van der Waals surface area contributed by atoms with Gasteiger partial charge in [0.1, 0.15) is 22.9 Å². The first-order valence-electron chi connectivity index (χ1n) is 9.15. The molecular weight excluding hydrogens is 440 g/mol. The molecule has 3 rings (SSSR count). The van der Waals surface area contributed by atoms with Crippen LogP contribution in [0.15, 0.2) is 47.6 Å². The molecule has 0 radical (unpaired) electrons. The van der Waals surface area contributed by atoms with E-state index in [0.29, 0.717) is 29.5 Å². The molecule has 2 atom stereocenters. The van der Waals surface area contributed by atoms with Gasteiger partial charge in [0, 0.05) is 24.7 Å². The Hall–Kier alpha value is -2.32. The van der Waals surface area contributed by atoms with Crippen molar-refractivity contribution < 1.29 is 17.9 Å². The highest BCUT2D eigenvalue weighted by Gasteiger charge is 2.44. The van der Waals surface area contributed by atoms with Crippen LogP contribution in [0.1, 0.15) is 18.2 Å². The van der Waals surface area contributed by atoms with Gasteiger partial charge in [0.25, 0.3) is 0 Å². The van der Waals surface area contributed by atoms with Crippen LogP contribution in [-0.4, -0.2) is 27.7 Å². The molecule has 30 heavy (non-hydrogen) atoms. The van der Waals surface area contributed by atoms with Gasteiger partial charge in [-0.3, -0.25) is 0 Å². The minimum atomic E-state index is -4.36. The summed E-state index contributed by atoms with van der Waals surface area (Å²) < 4.78 is 44.6. The summed E-state index contributed by atoms with van der Waals surface area (Å²) in [6, 6.07) is 3.46. The molecule has 0 spiro atoms. The van der Waals surface area contributed by atoms with Gasteiger partial charge in [0.05, 0.1) is 16.6 Å². The molecule has 2 unspecified atom stereocenters. The van der Waals surface area contributed by atoms with Crippen molar-refractivity contribution in [3.8, 4) is 5.88 Å². The summed E-state index contributed by atoms with van der Waals surface area (Å²) in [6.07, 6.45) is 1.67. The number of ether oxygens (including phenoxy) is 1. The van der Waals surface area contributed by atoms with Crippen molar-refractivity contribution in [1.82, 2.24) is 15.0 Å². The van der Waals surface area contributed by atoms with Crippen LogP contribution in [-0.2, 0) is 6.42 Å². The summed E-state index contributed by atoms with van der Waals surface area (Å²) in [6.45, 7) is 3.79. The Bertz CT molecular complexity index is 962. The van der Waals surface area contributed by atoms with Gasteiger partial charge in [-0.2, -0.15) is 13.2 Å². The lowest BCUT2D eigenvalue weighted by molar-refractivity contribution is -0.169. The van der Waals surface area contributed by atoms with E-state index < -0.39 is 18.0 Å². The SMILES string of the molecule is Cc1ncnc(NCCc2ccc(OC3=C(Cl)C(C)C(C(F)(F)F)C=C3)nc2)c1Cl. The number of anilines is 1. The zero-order chi connectivity index (χ0) is 21.9. The third-order valence-corrected chi connectivity index (χ3v) is 5.67. The summed E-state index contributed by atoms with van der Waals surface area (Å²) in [4.78, 5) is 12.3. The van der Waals surface area contributed by atoms with Gasteiger partial charge < -0.3 is 10.1 Å². The van der Waals surface area contributed by atoms with E-state index in [1.807, 2.05) is 6.07 Å². The van der Waals surface area contributed by atoms with Crippen LogP contribution in [0.5, 0.6) is 5.88 Å². The van der Waals surface area contributed by atoms with E-state index in [1.165, 1.54) is 19.3 Å². The molecule has 0 aliphatic heterocycles. The average molecular weight is 459 g/mol. The molecule has 0 aromatic carbocycles. The van der Waals surface area contributed by atoms with Gasteiger partial charge >= 0.3 is 6.18 Å². The Morgan fingerprint density at radius 2 is 1.93 bits per heavy atom. The van der Waals surface area contributed by atoms with Gasteiger partial charge in [-0.1, -0.05) is 42.3 Å². The number of pyridine rings is 1. The van der Waals surface area contributed by atoms with Crippen molar-refractivity contribution in [2.24, 2.45) is 11.8 Å². The summed E-state index contributed by atoms with van der Waals surface area (Å²) in [5, 5.41) is 3.64. The fraction of sp³-hybridized carbons (Fsp3) is 0.350. The molecule has 10 heteroatoms. The first-order valence-corrected chi connectivity index (χ1v) is 9.90. The number of halogens is 5. The number of nitrogens with zero attached hydrogens (tertiary/aromatic N) is 3. The van der Waals surface area contributed by atoms with E-state index in [9.17, 15) is 13.2 Å². The van der Waals surface area contributed by atoms with E-state index in [-0.39, 0.29) is 16.7 Å². The Balaban J connectivity index is 1.58. The van der Waals surface area contributed by atoms with E-state index >= 15 is 0 Å². The largest absolute Gasteiger partial charge is 0.438 e. The van der Waals surface area contributed by atoms with Crippen LogP contribution in [0.3, 0.4) is 0 Å². The van der Waals surface area contributed by atoms with Gasteiger partial charge in [-0.05, 0) is 25.0 Å². The van der Waals surface area contributed by atoms with E-state index in [2.05, 4.69) is 20.3 Å². The van der Waals surface area contributed by atoms with E-state index in [0.717, 1.165) is 11.6 Å². The average Bonchev–Trinajstić information content (AvgIpc) is 2.69. The van der Waals surface area contributed by atoms with E-state index in [4.69, 9.17) is 27.9 Å².